The molecular formula is C14H26O2. The van der Waals surface area contributed by atoms with Gasteiger partial charge in [0.1, 0.15) is 5.78 Å². The molecule has 0 bridgehead atoms. The van der Waals surface area contributed by atoms with Gasteiger partial charge in [0.15, 0.2) is 0 Å². The summed E-state index contributed by atoms with van der Waals surface area (Å²) in [4.78, 5) is 11.9. The van der Waals surface area contributed by atoms with Crippen molar-refractivity contribution >= 4 is 5.78 Å². The summed E-state index contributed by atoms with van der Waals surface area (Å²) in [6.07, 6.45) is 7.68. The molecule has 0 aromatic heterocycles. The highest BCUT2D eigenvalue weighted by Gasteiger charge is 2.24. The summed E-state index contributed by atoms with van der Waals surface area (Å²) in [5.74, 6) is 1.65. The van der Waals surface area contributed by atoms with E-state index in [4.69, 9.17) is 4.74 Å². The van der Waals surface area contributed by atoms with E-state index >= 15 is 0 Å². The Morgan fingerprint density at radius 1 is 1.12 bits per heavy atom. The molecule has 0 heterocycles. The first-order valence-corrected chi connectivity index (χ1v) is 6.88. The molecule has 1 fully saturated rings. The van der Waals surface area contributed by atoms with E-state index in [1.54, 1.807) is 0 Å². The van der Waals surface area contributed by atoms with Crippen LogP contribution in [0.25, 0.3) is 0 Å². The van der Waals surface area contributed by atoms with Crippen molar-refractivity contribution < 1.29 is 9.53 Å². The molecule has 0 unspecified atom stereocenters. The minimum absolute atomic E-state index is 0.341. The zero-order chi connectivity index (χ0) is 11.8. The van der Waals surface area contributed by atoms with Crippen LogP contribution < -0.4 is 0 Å². The molecule has 1 aliphatic carbocycles. The molecule has 0 N–H and O–H groups in total. The summed E-state index contributed by atoms with van der Waals surface area (Å²) in [7, 11) is 0. The number of Topliss-reactive ketones (excluding diaryl/α,β-unsaturated/α-hetero) is 1. The first kappa shape index (κ1) is 13.7. The Morgan fingerprint density at radius 2 is 1.81 bits per heavy atom. The van der Waals surface area contributed by atoms with Crippen LogP contribution >= 0.6 is 0 Å². The zero-order valence-corrected chi connectivity index (χ0v) is 10.8. The molecule has 0 spiro atoms. The van der Waals surface area contributed by atoms with Crippen LogP contribution in [0, 0.1) is 11.8 Å². The van der Waals surface area contributed by atoms with Gasteiger partial charge in [-0.25, -0.2) is 0 Å². The second-order valence-corrected chi connectivity index (χ2v) is 4.95. The molecule has 0 radical (unpaired) electrons. The Balaban J connectivity index is 2.13. The smallest absolute Gasteiger partial charge is 0.138 e. The van der Waals surface area contributed by atoms with E-state index < -0.39 is 0 Å². The Kier molecular flexibility index (Phi) is 6.70. The highest BCUT2D eigenvalue weighted by atomic mass is 16.5. The largest absolute Gasteiger partial charge is 0.381 e. The highest BCUT2D eigenvalue weighted by molar-refractivity contribution is 5.81. The van der Waals surface area contributed by atoms with E-state index in [1.165, 1.54) is 19.3 Å². The van der Waals surface area contributed by atoms with Gasteiger partial charge in [-0.15, -0.1) is 0 Å². The number of carbonyl (C=O) groups excluding carboxylic acids is 1. The SMILES string of the molecule is CCCOCCC(=O)C1CCC(CC)CC1. The number of hydrogen-bond acceptors (Lipinski definition) is 2. The molecule has 1 rings (SSSR count). The monoisotopic (exact) mass is 226 g/mol. The van der Waals surface area contributed by atoms with E-state index in [1.807, 2.05) is 0 Å². The van der Waals surface area contributed by atoms with E-state index in [0.29, 0.717) is 24.7 Å². The van der Waals surface area contributed by atoms with Gasteiger partial charge in [0, 0.05) is 18.9 Å². The summed E-state index contributed by atoms with van der Waals surface area (Å²) >= 11 is 0. The molecule has 94 valence electrons. The zero-order valence-electron chi connectivity index (χ0n) is 10.8. The summed E-state index contributed by atoms with van der Waals surface area (Å²) in [6.45, 7) is 5.76. The van der Waals surface area contributed by atoms with Crippen molar-refractivity contribution in [2.24, 2.45) is 11.8 Å². The average Bonchev–Trinajstić information content (AvgIpc) is 2.34. The summed E-state index contributed by atoms with van der Waals surface area (Å²) in [5, 5.41) is 0. The molecule has 2 heteroatoms. The van der Waals surface area contributed by atoms with Gasteiger partial charge in [-0.2, -0.15) is 0 Å². The maximum absolute atomic E-state index is 11.9. The van der Waals surface area contributed by atoms with Crippen molar-refractivity contribution in [2.45, 2.75) is 58.8 Å². The molecular weight excluding hydrogens is 200 g/mol. The molecule has 0 amide bonds. The molecule has 0 aromatic rings. The fourth-order valence-corrected chi connectivity index (χ4v) is 2.52. The maximum Gasteiger partial charge on any atom is 0.138 e. The minimum Gasteiger partial charge on any atom is -0.381 e. The van der Waals surface area contributed by atoms with Crippen LogP contribution in [0.15, 0.2) is 0 Å². The third-order valence-electron chi connectivity index (χ3n) is 3.72. The average molecular weight is 226 g/mol. The van der Waals surface area contributed by atoms with Gasteiger partial charge in [-0.05, 0) is 38.0 Å². The van der Waals surface area contributed by atoms with E-state index in [9.17, 15) is 4.79 Å². The van der Waals surface area contributed by atoms with Gasteiger partial charge >= 0.3 is 0 Å². The Bertz CT molecular complexity index is 193. The van der Waals surface area contributed by atoms with Gasteiger partial charge in [0.05, 0.1) is 6.61 Å². The lowest BCUT2D eigenvalue weighted by molar-refractivity contribution is -0.125. The number of rotatable bonds is 7. The second kappa shape index (κ2) is 7.83. The molecule has 1 aliphatic rings. The standard InChI is InChI=1S/C14H26O2/c1-3-10-16-11-9-14(15)13-7-5-12(4-2)6-8-13/h12-13H,3-11H2,1-2H3. The fourth-order valence-electron chi connectivity index (χ4n) is 2.52. The molecule has 0 aromatic carbocycles. The maximum atomic E-state index is 11.9. The highest BCUT2D eigenvalue weighted by Crippen LogP contribution is 2.31. The van der Waals surface area contributed by atoms with Gasteiger partial charge in [0.2, 0.25) is 0 Å². The van der Waals surface area contributed by atoms with Crippen LogP contribution in [0.5, 0.6) is 0 Å². The molecule has 0 atom stereocenters. The predicted molar refractivity (Wildman–Crippen MR) is 66.5 cm³/mol. The van der Waals surface area contributed by atoms with Gasteiger partial charge < -0.3 is 4.74 Å². The quantitative estimate of drug-likeness (QED) is 0.620. The topological polar surface area (TPSA) is 26.3 Å². The minimum atomic E-state index is 0.341. The van der Waals surface area contributed by atoms with Gasteiger partial charge in [-0.3, -0.25) is 4.79 Å². The van der Waals surface area contributed by atoms with E-state index in [0.717, 1.165) is 31.8 Å². The van der Waals surface area contributed by atoms with Crippen LogP contribution in [0.2, 0.25) is 0 Å². The first-order chi connectivity index (χ1) is 7.77. The normalized spacial score (nSPS) is 25.6. The lowest BCUT2D eigenvalue weighted by Crippen LogP contribution is -2.22. The van der Waals surface area contributed by atoms with Gasteiger partial charge in [-0.1, -0.05) is 20.3 Å². The molecule has 16 heavy (non-hydrogen) atoms. The van der Waals surface area contributed by atoms with Gasteiger partial charge in [0.25, 0.3) is 0 Å². The summed E-state index contributed by atoms with van der Waals surface area (Å²) in [5.41, 5.74) is 0. The number of ketones is 1. The summed E-state index contributed by atoms with van der Waals surface area (Å²) in [6, 6.07) is 0. The van der Waals surface area contributed by atoms with Crippen LogP contribution in [-0.4, -0.2) is 19.0 Å². The van der Waals surface area contributed by atoms with Crippen molar-refractivity contribution in [3.05, 3.63) is 0 Å². The Morgan fingerprint density at radius 3 is 2.38 bits per heavy atom. The lowest BCUT2D eigenvalue weighted by Gasteiger charge is -2.26. The van der Waals surface area contributed by atoms with Crippen molar-refractivity contribution in [1.82, 2.24) is 0 Å². The van der Waals surface area contributed by atoms with Crippen LogP contribution in [0.4, 0.5) is 0 Å². The third kappa shape index (κ3) is 4.65. The fraction of sp³-hybridized carbons (Fsp3) is 0.929. The Hall–Kier alpha value is -0.370. The van der Waals surface area contributed by atoms with E-state index in [-0.39, 0.29) is 0 Å². The van der Waals surface area contributed by atoms with Crippen LogP contribution in [0.1, 0.15) is 58.8 Å². The van der Waals surface area contributed by atoms with E-state index in [2.05, 4.69) is 13.8 Å². The Labute approximate surface area is 99.8 Å². The van der Waals surface area contributed by atoms with Crippen molar-refractivity contribution in [1.29, 1.82) is 0 Å². The van der Waals surface area contributed by atoms with Crippen LogP contribution in [-0.2, 0) is 9.53 Å². The number of carbonyl (C=O) groups is 1. The predicted octanol–water partition coefficient (Wildman–Crippen LogP) is 3.59. The van der Waals surface area contributed by atoms with Crippen molar-refractivity contribution in [3.8, 4) is 0 Å². The van der Waals surface area contributed by atoms with Crippen LogP contribution in [0.3, 0.4) is 0 Å². The molecule has 2 nitrogen and oxygen atoms in total. The number of hydrogen-bond donors (Lipinski definition) is 0. The first-order valence-electron chi connectivity index (χ1n) is 6.88. The van der Waals surface area contributed by atoms with Crippen molar-refractivity contribution in [2.75, 3.05) is 13.2 Å². The number of ether oxygens (including phenoxy) is 1. The second-order valence-electron chi connectivity index (χ2n) is 4.95. The molecule has 1 saturated carbocycles. The molecule has 0 aliphatic heterocycles. The summed E-state index contributed by atoms with van der Waals surface area (Å²) < 4.78 is 5.37. The lowest BCUT2D eigenvalue weighted by atomic mass is 9.78. The third-order valence-corrected chi connectivity index (χ3v) is 3.72. The van der Waals surface area contributed by atoms with Crippen molar-refractivity contribution in [3.63, 3.8) is 0 Å². The molecule has 0 saturated heterocycles.